The van der Waals surface area contributed by atoms with Crippen LogP contribution in [0.1, 0.15) is 10.4 Å². The fraction of sp³-hybridized carbons (Fsp3) is 0. The molecule has 0 radical (unpaired) electrons. The van der Waals surface area contributed by atoms with Crippen LogP contribution in [-0.2, 0) is 0 Å². The van der Waals surface area contributed by atoms with Gasteiger partial charge in [0.25, 0.3) is 0 Å². The molecule has 2 aromatic rings. The molecule has 0 aromatic carbocycles. The average molecular weight is 243 g/mol. The van der Waals surface area contributed by atoms with Crippen molar-refractivity contribution in [3.63, 3.8) is 0 Å². The van der Waals surface area contributed by atoms with Crippen LogP contribution < -0.4 is 0 Å². The first-order valence-electron chi connectivity index (χ1n) is 3.86. The maximum atomic E-state index is 10.9. The lowest BCUT2D eigenvalue weighted by atomic mass is 10.2. The van der Waals surface area contributed by atoms with E-state index in [2.05, 4.69) is 9.97 Å². The van der Waals surface area contributed by atoms with Crippen LogP contribution in [-0.4, -0.2) is 21.0 Å². The van der Waals surface area contributed by atoms with Crippen LogP contribution in [0.3, 0.4) is 0 Å². The van der Waals surface area contributed by atoms with E-state index < -0.39 is 5.97 Å². The third-order valence-electron chi connectivity index (χ3n) is 1.70. The summed E-state index contributed by atoms with van der Waals surface area (Å²) in [5.74, 6) is -0.971. The Hall–Kier alpha value is -1.46. The Kier molecular flexibility index (Phi) is 3.76. The Morgan fingerprint density at radius 3 is 2.87 bits per heavy atom. The summed E-state index contributed by atoms with van der Waals surface area (Å²) in [6.45, 7) is 0. The van der Waals surface area contributed by atoms with Crippen molar-refractivity contribution in [1.29, 1.82) is 0 Å². The van der Waals surface area contributed by atoms with Crippen molar-refractivity contribution in [2.24, 2.45) is 0 Å². The van der Waals surface area contributed by atoms with Gasteiger partial charge in [-0.05, 0) is 12.1 Å². The zero-order valence-corrected chi connectivity index (χ0v) is 9.09. The lowest BCUT2D eigenvalue weighted by molar-refractivity contribution is 0.0697. The molecule has 2 aromatic heterocycles. The van der Waals surface area contributed by atoms with E-state index >= 15 is 0 Å². The van der Waals surface area contributed by atoms with Gasteiger partial charge >= 0.3 is 5.97 Å². The molecule has 0 bridgehead atoms. The summed E-state index contributed by atoms with van der Waals surface area (Å²) < 4.78 is 0. The van der Waals surface area contributed by atoms with E-state index in [1.165, 1.54) is 17.4 Å². The highest BCUT2D eigenvalue weighted by molar-refractivity contribution is 7.13. The van der Waals surface area contributed by atoms with Crippen LogP contribution in [0.15, 0.2) is 30.0 Å². The third-order valence-corrected chi connectivity index (χ3v) is 2.48. The van der Waals surface area contributed by atoms with Gasteiger partial charge in [-0.25, -0.2) is 4.79 Å². The summed E-state index contributed by atoms with van der Waals surface area (Å²) in [4.78, 5) is 19.5. The van der Waals surface area contributed by atoms with Crippen molar-refractivity contribution in [3.05, 3.63) is 35.6 Å². The molecule has 0 aliphatic carbocycles. The van der Waals surface area contributed by atoms with E-state index in [1.54, 1.807) is 24.0 Å². The summed E-state index contributed by atoms with van der Waals surface area (Å²) in [5, 5.41) is 8.91. The fourth-order valence-electron chi connectivity index (χ4n) is 1.11. The molecule has 0 fully saturated rings. The SMILES string of the molecule is Cl.O=C(O)c1cccnc1-c1cncs1. The molecule has 15 heavy (non-hydrogen) atoms. The molecule has 0 aliphatic heterocycles. The van der Waals surface area contributed by atoms with Gasteiger partial charge in [-0.2, -0.15) is 0 Å². The molecular weight excluding hydrogens is 236 g/mol. The van der Waals surface area contributed by atoms with Gasteiger partial charge in [-0.15, -0.1) is 23.7 Å². The number of nitrogens with zero attached hydrogens (tertiary/aromatic N) is 2. The quantitative estimate of drug-likeness (QED) is 0.878. The van der Waals surface area contributed by atoms with Crippen molar-refractivity contribution in [2.75, 3.05) is 0 Å². The topological polar surface area (TPSA) is 63.1 Å². The van der Waals surface area contributed by atoms with E-state index in [4.69, 9.17) is 5.11 Å². The molecule has 0 unspecified atom stereocenters. The van der Waals surface area contributed by atoms with Crippen LogP contribution >= 0.6 is 23.7 Å². The molecular formula is C9H7ClN2O2S. The largest absolute Gasteiger partial charge is 0.478 e. The van der Waals surface area contributed by atoms with E-state index in [1.807, 2.05) is 0 Å². The summed E-state index contributed by atoms with van der Waals surface area (Å²) in [5.41, 5.74) is 2.33. The third kappa shape index (κ3) is 2.31. The molecule has 78 valence electrons. The first-order chi connectivity index (χ1) is 6.79. The number of hydrogen-bond acceptors (Lipinski definition) is 4. The highest BCUT2D eigenvalue weighted by atomic mass is 35.5. The maximum absolute atomic E-state index is 10.9. The van der Waals surface area contributed by atoms with Crippen LogP contribution in [0.4, 0.5) is 0 Å². The van der Waals surface area contributed by atoms with E-state index in [9.17, 15) is 4.79 Å². The van der Waals surface area contributed by atoms with Crippen LogP contribution in [0.25, 0.3) is 10.6 Å². The molecule has 2 heterocycles. The number of carbonyl (C=O) groups is 1. The number of aromatic carboxylic acids is 1. The minimum Gasteiger partial charge on any atom is -0.478 e. The van der Waals surface area contributed by atoms with Crippen LogP contribution in [0, 0.1) is 0 Å². The monoisotopic (exact) mass is 242 g/mol. The van der Waals surface area contributed by atoms with Gasteiger partial charge in [-0.1, -0.05) is 0 Å². The molecule has 0 saturated carbocycles. The molecule has 2 rings (SSSR count). The van der Waals surface area contributed by atoms with Gasteiger partial charge in [0, 0.05) is 12.4 Å². The molecule has 4 nitrogen and oxygen atoms in total. The molecule has 6 heteroatoms. The molecule has 0 spiro atoms. The Labute approximate surface area is 96.0 Å². The second-order valence-electron chi connectivity index (χ2n) is 2.57. The van der Waals surface area contributed by atoms with E-state index in [0.29, 0.717) is 5.69 Å². The van der Waals surface area contributed by atoms with E-state index in [0.717, 1.165) is 4.88 Å². The Balaban J connectivity index is 0.00000112. The number of halogens is 1. The number of thiazole rings is 1. The highest BCUT2D eigenvalue weighted by Gasteiger charge is 2.12. The second-order valence-corrected chi connectivity index (χ2v) is 3.46. The fourth-order valence-corrected chi connectivity index (χ4v) is 1.74. The summed E-state index contributed by atoms with van der Waals surface area (Å²) in [7, 11) is 0. The van der Waals surface area contributed by atoms with Crippen LogP contribution in [0.2, 0.25) is 0 Å². The normalized spacial score (nSPS) is 9.33. The Morgan fingerprint density at radius 2 is 2.27 bits per heavy atom. The highest BCUT2D eigenvalue weighted by Crippen LogP contribution is 2.24. The molecule has 0 saturated heterocycles. The van der Waals surface area contributed by atoms with Crippen LogP contribution in [0.5, 0.6) is 0 Å². The minimum atomic E-state index is -0.971. The van der Waals surface area contributed by atoms with Gasteiger partial charge in [0.15, 0.2) is 0 Å². The Morgan fingerprint density at radius 1 is 1.47 bits per heavy atom. The average Bonchev–Trinajstić information content (AvgIpc) is 2.70. The van der Waals surface area contributed by atoms with Gasteiger partial charge < -0.3 is 5.11 Å². The number of carboxylic acid groups (broad SMARTS) is 1. The molecule has 0 atom stereocenters. The summed E-state index contributed by atoms with van der Waals surface area (Å²) in [6.07, 6.45) is 3.18. The first-order valence-corrected chi connectivity index (χ1v) is 4.74. The van der Waals surface area contributed by atoms with Crippen molar-refractivity contribution >= 4 is 29.7 Å². The molecule has 0 aliphatic rings. The van der Waals surface area contributed by atoms with Crippen molar-refractivity contribution in [3.8, 4) is 10.6 Å². The van der Waals surface area contributed by atoms with Gasteiger partial charge in [0.1, 0.15) is 0 Å². The zero-order chi connectivity index (χ0) is 9.97. The lowest BCUT2D eigenvalue weighted by Gasteiger charge is -2.00. The predicted molar refractivity (Wildman–Crippen MR) is 59.6 cm³/mol. The van der Waals surface area contributed by atoms with Crippen molar-refractivity contribution in [1.82, 2.24) is 9.97 Å². The Bertz CT molecular complexity index is 459. The number of rotatable bonds is 2. The number of carboxylic acids is 1. The summed E-state index contributed by atoms with van der Waals surface area (Å²) >= 11 is 1.37. The zero-order valence-electron chi connectivity index (χ0n) is 7.45. The molecule has 0 amide bonds. The van der Waals surface area contributed by atoms with Crippen molar-refractivity contribution < 1.29 is 9.90 Å². The number of hydrogen-bond donors (Lipinski definition) is 1. The van der Waals surface area contributed by atoms with Gasteiger partial charge in [0.05, 0.1) is 21.6 Å². The smallest absolute Gasteiger partial charge is 0.337 e. The minimum absolute atomic E-state index is 0. The van der Waals surface area contributed by atoms with Gasteiger partial charge in [-0.3, -0.25) is 9.97 Å². The second kappa shape index (κ2) is 4.86. The maximum Gasteiger partial charge on any atom is 0.337 e. The van der Waals surface area contributed by atoms with Crippen molar-refractivity contribution in [2.45, 2.75) is 0 Å². The first kappa shape index (κ1) is 11.6. The van der Waals surface area contributed by atoms with Gasteiger partial charge in [0.2, 0.25) is 0 Å². The predicted octanol–water partition coefficient (Wildman–Crippen LogP) is 2.33. The lowest BCUT2D eigenvalue weighted by Crippen LogP contribution is -2.00. The number of pyridine rings is 1. The summed E-state index contributed by atoms with van der Waals surface area (Å²) in [6, 6.07) is 3.14. The standard InChI is InChI=1S/C9H6N2O2S.ClH/c12-9(13)6-2-1-3-11-8(6)7-4-10-5-14-7;/h1-5H,(H,12,13);1H. The number of aromatic nitrogens is 2. The molecule has 1 N–H and O–H groups in total. The van der Waals surface area contributed by atoms with E-state index in [-0.39, 0.29) is 18.0 Å².